The fraction of sp³-hybridized carbons (Fsp3) is 0.714. The van der Waals surface area contributed by atoms with E-state index in [1.54, 1.807) is 0 Å². The molecule has 0 bridgehead atoms. The second kappa shape index (κ2) is 6.41. The predicted octanol–water partition coefficient (Wildman–Crippen LogP) is 1.33. The van der Waals surface area contributed by atoms with Gasteiger partial charge in [0.1, 0.15) is 0 Å². The molecular weight excluding hydrogens is 244 g/mol. The predicted molar refractivity (Wildman–Crippen MR) is 72.1 cm³/mol. The van der Waals surface area contributed by atoms with Crippen LogP contribution in [0.5, 0.6) is 0 Å². The largest absolute Gasteiger partial charge is 0.395 e. The van der Waals surface area contributed by atoms with Crippen LogP contribution < -0.4 is 5.32 Å². The Labute approximate surface area is 114 Å². The molecule has 2 aliphatic rings. The van der Waals surface area contributed by atoms with Crippen molar-refractivity contribution in [2.75, 3.05) is 13.2 Å². The number of hydrogen-bond acceptors (Lipinski definition) is 5. The van der Waals surface area contributed by atoms with Gasteiger partial charge in [0.15, 0.2) is 6.23 Å². The van der Waals surface area contributed by atoms with E-state index in [2.05, 4.69) is 5.32 Å². The molecule has 0 amide bonds. The molecule has 2 rings (SSSR count). The van der Waals surface area contributed by atoms with Gasteiger partial charge in [-0.2, -0.15) is 0 Å². The average molecular weight is 268 g/mol. The molecule has 1 aliphatic heterocycles. The van der Waals surface area contributed by atoms with E-state index in [0.29, 0.717) is 18.2 Å². The van der Waals surface area contributed by atoms with Gasteiger partial charge in [0, 0.05) is 18.2 Å². The fourth-order valence-electron chi connectivity index (χ4n) is 2.96. The summed E-state index contributed by atoms with van der Waals surface area (Å²) < 4.78 is 0. The molecule has 1 saturated carbocycles. The van der Waals surface area contributed by atoms with E-state index < -0.39 is 6.23 Å². The molecule has 0 aromatic rings. The number of aliphatic hydroxyl groups excluding tert-OH is 2. The van der Waals surface area contributed by atoms with Crippen molar-refractivity contribution in [3.8, 4) is 0 Å². The summed E-state index contributed by atoms with van der Waals surface area (Å²) in [5.41, 5.74) is 2.31. The Morgan fingerprint density at radius 1 is 1.32 bits per heavy atom. The maximum absolute atomic E-state index is 10.2. The zero-order chi connectivity index (χ0) is 13.8. The third-order valence-corrected chi connectivity index (χ3v) is 3.99. The van der Waals surface area contributed by atoms with Crippen LogP contribution in [0.15, 0.2) is 23.0 Å². The molecule has 0 aromatic carbocycles. The molecule has 0 saturated heterocycles. The first-order valence-corrected chi connectivity index (χ1v) is 7.08. The number of aliphatic hydroxyl groups is 2. The molecule has 108 valence electrons. The number of nitrogens with zero attached hydrogens (tertiary/aromatic N) is 1. The van der Waals surface area contributed by atoms with Gasteiger partial charge in [0.05, 0.1) is 12.3 Å². The van der Waals surface area contributed by atoms with Crippen molar-refractivity contribution < 1.29 is 15.4 Å². The van der Waals surface area contributed by atoms with Crippen LogP contribution in [0.1, 0.15) is 39.0 Å². The number of hydrogen-bond donors (Lipinski definition) is 4. The summed E-state index contributed by atoms with van der Waals surface area (Å²) >= 11 is 0. The van der Waals surface area contributed by atoms with Gasteiger partial charge in [0.25, 0.3) is 0 Å². The van der Waals surface area contributed by atoms with Crippen molar-refractivity contribution in [3.05, 3.63) is 23.0 Å². The zero-order valence-corrected chi connectivity index (χ0v) is 11.5. The Hall–Kier alpha value is -1.04. The van der Waals surface area contributed by atoms with Crippen LogP contribution in [0.25, 0.3) is 0 Å². The first-order chi connectivity index (χ1) is 9.15. The summed E-state index contributed by atoms with van der Waals surface area (Å²) in [5, 5.41) is 33.1. The van der Waals surface area contributed by atoms with Crippen molar-refractivity contribution in [2.24, 2.45) is 5.92 Å². The lowest BCUT2D eigenvalue weighted by molar-refractivity contribution is -0.164. The summed E-state index contributed by atoms with van der Waals surface area (Å²) in [6.07, 6.45) is 6.66. The monoisotopic (exact) mass is 268 g/mol. The summed E-state index contributed by atoms with van der Waals surface area (Å²) in [6, 6.07) is 0. The highest BCUT2D eigenvalue weighted by molar-refractivity contribution is 5.33. The standard InChI is InChI=1S/C14H24N2O3/c1-10-9-12(11-5-3-2-4-6-11)16(19)14(18)13(10)15-7-8-17/h9,11,14-15,17-19H,2-8H2,1H3/t14-/m0/s1. The van der Waals surface area contributed by atoms with Crippen molar-refractivity contribution in [1.29, 1.82) is 0 Å². The molecule has 5 nitrogen and oxygen atoms in total. The molecule has 1 aliphatic carbocycles. The van der Waals surface area contributed by atoms with Crippen LogP contribution in [0, 0.1) is 5.92 Å². The molecule has 0 spiro atoms. The SMILES string of the molecule is CC1=C(NCCO)[C@H](O)N(O)C(C2CCCCC2)=C1. The lowest BCUT2D eigenvalue weighted by atomic mass is 9.85. The van der Waals surface area contributed by atoms with Crippen LogP contribution in [-0.4, -0.2) is 39.9 Å². The molecule has 0 aromatic heterocycles. The van der Waals surface area contributed by atoms with Gasteiger partial charge in [0.2, 0.25) is 0 Å². The van der Waals surface area contributed by atoms with Crippen LogP contribution in [-0.2, 0) is 0 Å². The molecule has 4 N–H and O–H groups in total. The maximum Gasteiger partial charge on any atom is 0.191 e. The second-order valence-corrected chi connectivity index (χ2v) is 5.37. The quantitative estimate of drug-likeness (QED) is 0.619. The average Bonchev–Trinajstić information content (AvgIpc) is 2.44. The maximum atomic E-state index is 10.2. The summed E-state index contributed by atoms with van der Waals surface area (Å²) in [6.45, 7) is 2.27. The molecular formula is C14H24N2O3. The Morgan fingerprint density at radius 3 is 2.63 bits per heavy atom. The van der Waals surface area contributed by atoms with Gasteiger partial charge in [-0.05, 0) is 31.4 Å². The molecule has 19 heavy (non-hydrogen) atoms. The third kappa shape index (κ3) is 3.11. The highest BCUT2D eigenvalue weighted by Crippen LogP contribution is 2.35. The summed E-state index contributed by atoms with van der Waals surface area (Å²) in [7, 11) is 0. The number of nitrogens with one attached hydrogen (secondary N) is 1. The van der Waals surface area contributed by atoms with E-state index in [-0.39, 0.29) is 6.61 Å². The highest BCUT2D eigenvalue weighted by atomic mass is 16.5. The first-order valence-electron chi connectivity index (χ1n) is 7.08. The Kier molecular flexibility index (Phi) is 4.85. The van der Waals surface area contributed by atoms with Gasteiger partial charge < -0.3 is 15.5 Å². The van der Waals surface area contributed by atoms with Crippen LogP contribution in [0.2, 0.25) is 0 Å². The smallest absolute Gasteiger partial charge is 0.191 e. The normalized spacial score (nSPS) is 25.6. The molecule has 0 unspecified atom stereocenters. The third-order valence-electron chi connectivity index (χ3n) is 3.99. The minimum absolute atomic E-state index is 0.00583. The Bertz CT molecular complexity index is 373. The van der Waals surface area contributed by atoms with Crippen LogP contribution in [0.3, 0.4) is 0 Å². The van der Waals surface area contributed by atoms with Crippen LogP contribution >= 0.6 is 0 Å². The molecule has 1 fully saturated rings. The number of allylic oxidation sites excluding steroid dienone is 3. The summed E-state index contributed by atoms with van der Waals surface area (Å²) in [4.78, 5) is 0. The van der Waals surface area contributed by atoms with E-state index in [0.717, 1.165) is 29.2 Å². The molecule has 1 heterocycles. The second-order valence-electron chi connectivity index (χ2n) is 5.37. The van der Waals surface area contributed by atoms with Gasteiger partial charge >= 0.3 is 0 Å². The number of hydroxylamine groups is 2. The van der Waals surface area contributed by atoms with Crippen LogP contribution in [0.4, 0.5) is 0 Å². The number of rotatable bonds is 4. The molecule has 5 heteroatoms. The van der Waals surface area contributed by atoms with E-state index in [1.165, 1.54) is 19.3 Å². The minimum Gasteiger partial charge on any atom is -0.395 e. The van der Waals surface area contributed by atoms with Crippen molar-refractivity contribution in [2.45, 2.75) is 45.3 Å². The zero-order valence-electron chi connectivity index (χ0n) is 11.5. The first kappa shape index (κ1) is 14.4. The van der Waals surface area contributed by atoms with Gasteiger partial charge in [-0.3, -0.25) is 5.21 Å². The van der Waals surface area contributed by atoms with Crippen molar-refractivity contribution >= 4 is 0 Å². The van der Waals surface area contributed by atoms with E-state index >= 15 is 0 Å². The van der Waals surface area contributed by atoms with Crippen molar-refractivity contribution in [1.82, 2.24) is 10.4 Å². The van der Waals surface area contributed by atoms with Gasteiger partial charge in [-0.25, -0.2) is 5.06 Å². The van der Waals surface area contributed by atoms with E-state index in [1.807, 2.05) is 13.0 Å². The Morgan fingerprint density at radius 2 is 2.00 bits per heavy atom. The topological polar surface area (TPSA) is 76.0 Å². The highest BCUT2D eigenvalue weighted by Gasteiger charge is 2.31. The minimum atomic E-state index is -1.06. The van der Waals surface area contributed by atoms with Gasteiger partial charge in [-0.1, -0.05) is 19.3 Å². The Balaban J connectivity index is 2.17. The van der Waals surface area contributed by atoms with E-state index in [9.17, 15) is 10.3 Å². The summed E-state index contributed by atoms with van der Waals surface area (Å²) in [5.74, 6) is 0.336. The van der Waals surface area contributed by atoms with Gasteiger partial charge in [-0.15, -0.1) is 0 Å². The lowest BCUT2D eigenvalue weighted by Crippen LogP contribution is -2.43. The molecule has 0 radical (unpaired) electrons. The van der Waals surface area contributed by atoms with E-state index in [4.69, 9.17) is 5.11 Å². The van der Waals surface area contributed by atoms with Crippen molar-refractivity contribution in [3.63, 3.8) is 0 Å². The molecule has 1 atom stereocenters. The lowest BCUT2D eigenvalue weighted by Gasteiger charge is -2.37. The fourth-order valence-corrected chi connectivity index (χ4v) is 2.96.